The van der Waals surface area contributed by atoms with Crippen molar-refractivity contribution in [3.8, 4) is 0 Å². The van der Waals surface area contributed by atoms with Gasteiger partial charge in [-0.3, -0.25) is 0 Å². The minimum atomic E-state index is 1.03. The molecule has 3 heteroatoms. The van der Waals surface area contributed by atoms with Crippen LogP contribution in [0.3, 0.4) is 0 Å². The van der Waals surface area contributed by atoms with E-state index < -0.39 is 0 Å². The Balaban J connectivity index is 1.73. The molecule has 1 aliphatic rings. The lowest BCUT2D eigenvalue weighted by Gasteiger charge is -2.23. The largest absolute Gasteiger partial charge is 0.234 e. The molecule has 0 atom stereocenters. The summed E-state index contributed by atoms with van der Waals surface area (Å²) in [5.74, 6) is 0. The molecule has 1 nitrogen and oxygen atoms in total. The summed E-state index contributed by atoms with van der Waals surface area (Å²) in [7, 11) is 0. The lowest BCUT2D eigenvalue weighted by atomic mass is 9.92. The van der Waals surface area contributed by atoms with Crippen LogP contribution in [0.2, 0.25) is 0 Å². The number of nitrogens with zero attached hydrogens (tertiary/aromatic N) is 1. The minimum absolute atomic E-state index is 1.03. The van der Waals surface area contributed by atoms with Crippen LogP contribution in [0.25, 0.3) is 10.5 Å². The van der Waals surface area contributed by atoms with E-state index in [1.165, 1.54) is 43.2 Å². The lowest BCUT2D eigenvalue weighted by Crippen LogP contribution is -2.01. The van der Waals surface area contributed by atoms with Gasteiger partial charge in [-0.1, -0.05) is 115 Å². The molecule has 4 aromatic carbocycles. The molecule has 0 saturated heterocycles. The fourth-order valence-electron chi connectivity index (χ4n) is 3.89. The van der Waals surface area contributed by atoms with Crippen molar-refractivity contribution in [3.63, 3.8) is 0 Å². The molecular weight excluding hydrogens is 426 g/mol. The van der Waals surface area contributed by atoms with Crippen LogP contribution < -0.4 is 0 Å². The van der Waals surface area contributed by atoms with Crippen molar-refractivity contribution in [2.45, 2.75) is 18.7 Å². The maximum Gasteiger partial charge on any atom is 0.140 e. The fraction of sp³-hybridized carbons (Fsp3) is 0.0690. The number of rotatable bonds is 3. The highest BCUT2D eigenvalue weighted by molar-refractivity contribution is 8.42. The second kappa shape index (κ2) is 9.23. The van der Waals surface area contributed by atoms with Gasteiger partial charge in [-0.15, -0.1) is 0 Å². The van der Waals surface area contributed by atoms with E-state index in [1.54, 1.807) is 23.5 Å². The zero-order valence-corrected chi connectivity index (χ0v) is 19.7. The molecule has 5 rings (SSSR count). The SMILES string of the molecule is Cc1ccccc1SC1=Nc2ccccc2/C(=C(/c2ccccc2)c2ccccc2C)S1. The molecule has 32 heavy (non-hydrogen) atoms. The molecule has 0 fully saturated rings. The smallest absolute Gasteiger partial charge is 0.140 e. The van der Waals surface area contributed by atoms with E-state index in [-0.39, 0.29) is 0 Å². The highest BCUT2D eigenvalue weighted by Gasteiger charge is 2.24. The minimum Gasteiger partial charge on any atom is -0.234 e. The summed E-state index contributed by atoms with van der Waals surface area (Å²) in [4.78, 5) is 7.53. The molecule has 0 bridgehead atoms. The first-order chi connectivity index (χ1) is 15.7. The van der Waals surface area contributed by atoms with Gasteiger partial charge < -0.3 is 0 Å². The van der Waals surface area contributed by atoms with E-state index in [1.807, 2.05) is 0 Å². The van der Waals surface area contributed by atoms with Gasteiger partial charge in [0.15, 0.2) is 0 Å². The highest BCUT2D eigenvalue weighted by Crippen LogP contribution is 2.49. The number of aryl methyl sites for hydroxylation is 2. The topological polar surface area (TPSA) is 12.4 Å². The number of fused-ring (bicyclic) bond motifs is 1. The maximum atomic E-state index is 5.03. The van der Waals surface area contributed by atoms with Crippen molar-refractivity contribution >= 4 is 44.1 Å². The third kappa shape index (κ3) is 4.19. The van der Waals surface area contributed by atoms with Gasteiger partial charge in [0.2, 0.25) is 0 Å². The molecule has 0 aromatic heterocycles. The highest BCUT2D eigenvalue weighted by atomic mass is 32.2. The fourth-order valence-corrected chi connectivity index (χ4v) is 6.21. The summed E-state index contributed by atoms with van der Waals surface area (Å²) in [6.07, 6.45) is 0. The molecular formula is C29H23NS2. The molecule has 0 amide bonds. The number of para-hydroxylation sites is 1. The van der Waals surface area contributed by atoms with E-state index >= 15 is 0 Å². The monoisotopic (exact) mass is 449 g/mol. The van der Waals surface area contributed by atoms with Crippen molar-refractivity contribution in [1.29, 1.82) is 0 Å². The van der Waals surface area contributed by atoms with E-state index in [2.05, 4.69) is 117 Å². The van der Waals surface area contributed by atoms with Gasteiger partial charge >= 0.3 is 0 Å². The summed E-state index contributed by atoms with van der Waals surface area (Å²) in [5, 5.41) is 0. The van der Waals surface area contributed by atoms with Crippen molar-refractivity contribution in [2.75, 3.05) is 0 Å². The third-order valence-corrected chi connectivity index (χ3v) is 7.88. The second-order valence-electron chi connectivity index (χ2n) is 7.75. The van der Waals surface area contributed by atoms with Gasteiger partial charge in [-0.25, -0.2) is 4.99 Å². The molecule has 1 aliphatic heterocycles. The van der Waals surface area contributed by atoms with E-state index in [0.29, 0.717) is 0 Å². The average Bonchev–Trinajstić information content (AvgIpc) is 2.83. The summed E-state index contributed by atoms with van der Waals surface area (Å²) in [5.41, 5.74) is 8.51. The van der Waals surface area contributed by atoms with Crippen LogP contribution in [0, 0.1) is 13.8 Å². The van der Waals surface area contributed by atoms with Crippen molar-refractivity contribution in [3.05, 3.63) is 131 Å². The van der Waals surface area contributed by atoms with Gasteiger partial charge in [0, 0.05) is 20.9 Å². The van der Waals surface area contributed by atoms with Crippen LogP contribution in [0.1, 0.15) is 27.8 Å². The van der Waals surface area contributed by atoms with Crippen molar-refractivity contribution < 1.29 is 0 Å². The molecule has 0 unspecified atom stereocenters. The predicted molar refractivity (Wildman–Crippen MR) is 142 cm³/mol. The third-order valence-electron chi connectivity index (χ3n) is 5.54. The van der Waals surface area contributed by atoms with Crippen LogP contribution in [-0.4, -0.2) is 4.38 Å². The summed E-state index contributed by atoms with van der Waals surface area (Å²) in [6.45, 7) is 4.35. The van der Waals surface area contributed by atoms with Gasteiger partial charge in [0.05, 0.1) is 5.69 Å². The Labute approximate surface area is 198 Å². The molecule has 0 saturated carbocycles. The quantitative estimate of drug-likeness (QED) is 0.310. The summed E-state index contributed by atoms with van der Waals surface area (Å²) < 4.78 is 1.05. The Morgan fingerprint density at radius 1 is 0.688 bits per heavy atom. The molecule has 0 spiro atoms. The maximum absolute atomic E-state index is 5.03. The number of benzene rings is 4. The molecule has 0 N–H and O–H groups in total. The van der Waals surface area contributed by atoms with Crippen molar-refractivity contribution in [1.82, 2.24) is 0 Å². The normalized spacial score (nSPS) is 14.5. The van der Waals surface area contributed by atoms with Gasteiger partial charge in [0.25, 0.3) is 0 Å². The number of hydrogen-bond acceptors (Lipinski definition) is 3. The Bertz CT molecular complexity index is 1340. The van der Waals surface area contributed by atoms with Crippen LogP contribution in [0.5, 0.6) is 0 Å². The lowest BCUT2D eigenvalue weighted by molar-refractivity contribution is 1.31. The molecule has 0 radical (unpaired) electrons. The van der Waals surface area contributed by atoms with Gasteiger partial charge in [0.1, 0.15) is 4.38 Å². The Kier molecular flexibility index (Phi) is 6.02. The Morgan fingerprint density at radius 3 is 2.12 bits per heavy atom. The molecule has 0 aliphatic carbocycles. The molecule has 1 heterocycles. The zero-order chi connectivity index (χ0) is 21.9. The van der Waals surface area contributed by atoms with E-state index in [4.69, 9.17) is 4.99 Å². The number of aliphatic imine (C=N–C) groups is 1. The molecule has 156 valence electrons. The number of thioether (sulfide) groups is 2. The first-order valence-corrected chi connectivity index (χ1v) is 12.3. The standard InChI is InChI=1S/C29H23NS2/c1-20-12-6-8-16-23(20)27(22-14-4-3-5-15-22)28-24-17-9-10-18-25(24)30-29(32-28)31-26-19-11-7-13-21(26)2/h3-19H,1-2H3/b28-27+. The second-order valence-corrected chi connectivity index (χ2v) is 10.0. The van der Waals surface area contributed by atoms with Crippen LogP contribution >= 0.6 is 23.5 Å². The van der Waals surface area contributed by atoms with E-state index in [0.717, 1.165) is 10.1 Å². The van der Waals surface area contributed by atoms with Crippen LogP contribution in [-0.2, 0) is 0 Å². The van der Waals surface area contributed by atoms with Gasteiger partial charge in [-0.05, 0) is 48.2 Å². The van der Waals surface area contributed by atoms with Crippen LogP contribution in [0.4, 0.5) is 5.69 Å². The van der Waals surface area contributed by atoms with E-state index in [9.17, 15) is 0 Å². The summed E-state index contributed by atoms with van der Waals surface area (Å²) >= 11 is 3.53. The van der Waals surface area contributed by atoms with Gasteiger partial charge in [-0.2, -0.15) is 0 Å². The first kappa shape index (κ1) is 20.9. The number of hydrogen-bond donors (Lipinski definition) is 0. The Morgan fingerprint density at radius 2 is 1.34 bits per heavy atom. The van der Waals surface area contributed by atoms with Crippen molar-refractivity contribution in [2.24, 2.45) is 4.99 Å². The van der Waals surface area contributed by atoms with Crippen LogP contribution in [0.15, 0.2) is 113 Å². The predicted octanol–water partition coefficient (Wildman–Crippen LogP) is 8.75. The summed E-state index contributed by atoms with van der Waals surface area (Å²) in [6, 6.07) is 36.4. The zero-order valence-electron chi connectivity index (χ0n) is 18.1. The molecule has 4 aromatic rings. The Hall–Kier alpha value is -3.01. The average molecular weight is 450 g/mol. The first-order valence-electron chi connectivity index (χ1n) is 10.7.